The van der Waals surface area contributed by atoms with Crippen molar-refractivity contribution in [2.75, 3.05) is 0 Å². The third-order valence-electron chi connectivity index (χ3n) is 1.39. The Kier molecular flexibility index (Phi) is 2.00. The monoisotopic (exact) mass is 142 g/mol. The van der Waals surface area contributed by atoms with Crippen molar-refractivity contribution in [1.82, 2.24) is 0 Å². The van der Waals surface area contributed by atoms with Crippen LogP contribution in [0.2, 0.25) is 0 Å². The average Bonchev–Trinajstić information content (AvgIpc) is 1.95. The summed E-state index contributed by atoms with van der Waals surface area (Å²) >= 11 is 0. The van der Waals surface area contributed by atoms with Crippen molar-refractivity contribution < 1.29 is 8.78 Å². The van der Waals surface area contributed by atoms with Gasteiger partial charge in [0.2, 0.25) is 0 Å². The SMILES string of the molecule is CCc1ccc(F)c(F)c1. The zero-order chi connectivity index (χ0) is 7.56. The van der Waals surface area contributed by atoms with E-state index in [4.69, 9.17) is 0 Å². The summed E-state index contributed by atoms with van der Waals surface area (Å²) in [5, 5.41) is 0. The standard InChI is InChI=1S/C8H8F2/c1-2-6-3-4-7(9)8(10)5-6/h3-5H,2H2,1H3. The van der Waals surface area contributed by atoms with Gasteiger partial charge in [-0.3, -0.25) is 0 Å². The molecule has 0 aliphatic heterocycles. The lowest BCUT2D eigenvalue weighted by Gasteiger charge is -1.95. The highest BCUT2D eigenvalue weighted by atomic mass is 19.2. The van der Waals surface area contributed by atoms with Gasteiger partial charge in [-0.25, -0.2) is 8.78 Å². The molecule has 0 aromatic heterocycles. The Labute approximate surface area is 58.5 Å². The Morgan fingerprint density at radius 1 is 1.20 bits per heavy atom. The summed E-state index contributed by atoms with van der Waals surface area (Å²) in [7, 11) is 0. The molecule has 0 radical (unpaired) electrons. The molecular weight excluding hydrogens is 134 g/mol. The van der Waals surface area contributed by atoms with Crippen LogP contribution in [0.5, 0.6) is 0 Å². The number of benzene rings is 1. The maximum absolute atomic E-state index is 12.4. The summed E-state index contributed by atoms with van der Waals surface area (Å²) < 4.78 is 24.7. The highest BCUT2D eigenvalue weighted by molar-refractivity contribution is 5.17. The third-order valence-corrected chi connectivity index (χ3v) is 1.39. The molecule has 0 atom stereocenters. The minimum absolute atomic E-state index is 0.733. The molecule has 0 aliphatic carbocycles. The molecule has 1 aromatic carbocycles. The molecule has 2 heteroatoms. The van der Waals surface area contributed by atoms with E-state index in [0.717, 1.165) is 18.1 Å². The van der Waals surface area contributed by atoms with Gasteiger partial charge < -0.3 is 0 Å². The van der Waals surface area contributed by atoms with Gasteiger partial charge in [-0.05, 0) is 24.1 Å². The summed E-state index contributed by atoms with van der Waals surface area (Å²) in [4.78, 5) is 0. The molecule has 0 nitrogen and oxygen atoms in total. The summed E-state index contributed by atoms with van der Waals surface area (Å²) in [6.07, 6.45) is 0.733. The molecular formula is C8H8F2. The van der Waals surface area contributed by atoms with Gasteiger partial charge in [0.1, 0.15) is 0 Å². The third kappa shape index (κ3) is 1.32. The zero-order valence-electron chi connectivity index (χ0n) is 5.70. The number of aryl methyl sites for hydroxylation is 1. The molecule has 0 heterocycles. The van der Waals surface area contributed by atoms with E-state index in [-0.39, 0.29) is 0 Å². The van der Waals surface area contributed by atoms with E-state index in [1.54, 1.807) is 6.07 Å². The molecule has 10 heavy (non-hydrogen) atoms. The molecule has 0 aliphatic rings. The summed E-state index contributed by atoms with van der Waals surface area (Å²) in [5.41, 5.74) is 0.818. The fourth-order valence-corrected chi connectivity index (χ4v) is 0.760. The fourth-order valence-electron chi connectivity index (χ4n) is 0.760. The van der Waals surface area contributed by atoms with Crippen LogP contribution < -0.4 is 0 Å². The van der Waals surface area contributed by atoms with E-state index in [2.05, 4.69) is 0 Å². The normalized spacial score (nSPS) is 9.90. The van der Waals surface area contributed by atoms with Gasteiger partial charge in [-0.2, -0.15) is 0 Å². The number of halogens is 2. The lowest BCUT2D eigenvalue weighted by atomic mass is 10.2. The summed E-state index contributed by atoms with van der Waals surface area (Å²) in [6.45, 7) is 1.90. The average molecular weight is 142 g/mol. The van der Waals surface area contributed by atoms with Crippen LogP contribution in [0.3, 0.4) is 0 Å². The van der Waals surface area contributed by atoms with Crippen molar-refractivity contribution in [3.05, 3.63) is 35.4 Å². The first-order valence-corrected chi connectivity index (χ1v) is 3.18. The van der Waals surface area contributed by atoms with E-state index in [1.165, 1.54) is 6.07 Å². The van der Waals surface area contributed by atoms with Crippen molar-refractivity contribution in [3.63, 3.8) is 0 Å². The Hall–Kier alpha value is -0.920. The topological polar surface area (TPSA) is 0 Å². The minimum Gasteiger partial charge on any atom is -0.204 e. The fraction of sp³-hybridized carbons (Fsp3) is 0.250. The van der Waals surface area contributed by atoms with Crippen molar-refractivity contribution in [3.8, 4) is 0 Å². The van der Waals surface area contributed by atoms with Gasteiger partial charge in [-0.1, -0.05) is 13.0 Å². The second-order valence-corrected chi connectivity index (χ2v) is 2.10. The molecule has 0 saturated heterocycles. The second-order valence-electron chi connectivity index (χ2n) is 2.10. The van der Waals surface area contributed by atoms with Gasteiger partial charge in [0.15, 0.2) is 11.6 Å². The summed E-state index contributed by atoms with van der Waals surface area (Å²) in [6, 6.07) is 3.95. The van der Waals surface area contributed by atoms with Gasteiger partial charge >= 0.3 is 0 Å². The Bertz CT molecular complexity index is 231. The quantitative estimate of drug-likeness (QED) is 0.565. The Morgan fingerprint density at radius 3 is 2.40 bits per heavy atom. The van der Waals surface area contributed by atoms with Crippen molar-refractivity contribution in [2.24, 2.45) is 0 Å². The summed E-state index contributed by atoms with van der Waals surface area (Å²) in [5.74, 6) is -1.54. The lowest BCUT2D eigenvalue weighted by Crippen LogP contribution is -1.86. The molecule has 1 rings (SSSR count). The van der Waals surface area contributed by atoms with E-state index in [9.17, 15) is 8.78 Å². The maximum Gasteiger partial charge on any atom is 0.159 e. The van der Waals surface area contributed by atoms with Crippen LogP contribution in [0.4, 0.5) is 8.78 Å². The Balaban J connectivity index is 3.04. The predicted molar refractivity (Wildman–Crippen MR) is 35.7 cm³/mol. The Morgan fingerprint density at radius 2 is 1.90 bits per heavy atom. The highest BCUT2D eigenvalue weighted by Crippen LogP contribution is 2.08. The van der Waals surface area contributed by atoms with Crippen molar-refractivity contribution in [2.45, 2.75) is 13.3 Å². The van der Waals surface area contributed by atoms with Gasteiger partial charge in [0, 0.05) is 0 Å². The van der Waals surface area contributed by atoms with Crippen LogP contribution in [0.25, 0.3) is 0 Å². The molecule has 0 N–H and O–H groups in total. The minimum atomic E-state index is -0.780. The molecule has 1 aromatic rings. The lowest BCUT2D eigenvalue weighted by molar-refractivity contribution is 0.507. The largest absolute Gasteiger partial charge is 0.204 e. The van der Waals surface area contributed by atoms with Gasteiger partial charge in [-0.15, -0.1) is 0 Å². The predicted octanol–water partition coefficient (Wildman–Crippen LogP) is 2.53. The van der Waals surface area contributed by atoms with Crippen LogP contribution in [-0.2, 0) is 6.42 Å². The smallest absolute Gasteiger partial charge is 0.159 e. The number of rotatable bonds is 1. The highest BCUT2D eigenvalue weighted by Gasteiger charge is 1.99. The number of hydrogen-bond donors (Lipinski definition) is 0. The molecule has 0 unspecified atom stereocenters. The molecule has 54 valence electrons. The van der Waals surface area contributed by atoms with E-state index in [1.807, 2.05) is 6.92 Å². The number of hydrogen-bond acceptors (Lipinski definition) is 0. The molecule has 0 saturated carbocycles. The molecule has 0 fully saturated rings. The second kappa shape index (κ2) is 2.78. The van der Waals surface area contributed by atoms with E-state index in [0.29, 0.717) is 0 Å². The molecule has 0 amide bonds. The van der Waals surface area contributed by atoms with Crippen LogP contribution in [0.15, 0.2) is 18.2 Å². The maximum atomic E-state index is 12.4. The first-order chi connectivity index (χ1) is 4.74. The first-order valence-electron chi connectivity index (χ1n) is 3.18. The van der Waals surface area contributed by atoms with Crippen LogP contribution >= 0.6 is 0 Å². The van der Waals surface area contributed by atoms with Crippen LogP contribution in [0.1, 0.15) is 12.5 Å². The zero-order valence-corrected chi connectivity index (χ0v) is 5.70. The molecule has 0 spiro atoms. The van der Waals surface area contributed by atoms with E-state index < -0.39 is 11.6 Å². The van der Waals surface area contributed by atoms with Crippen LogP contribution in [0, 0.1) is 11.6 Å². The van der Waals surface area contributed by atoms with Gasteiger partial charge in [0.25, 0.3) is 0 Å². The van der Waals surface area contributed by atoms with Crippen molar-refractivity contribution >= 4 is 0 Å². The van der Waals surface area contributed by atoms with E-state index >= 15 is 0 Å². The van der Waals surface area contributed by atoms with Crippen LogP contribution in [-0.4, -0.2) is 0 Å². The van der Waals surface area contributed by atoms with Gasteiger partial charge in [0.05, 0.1) is 0 Å². The first kappa shape index (κ1) is 7.19. The van der Waals surface area contributed by atoms with Crippen molar-refractivity contribution in [1.29, 1.82) is 0 Å². The molecule has 0 bridgehead atoms.